The predicted octanol–water partition coefficient (Wildman–Crippen LogP) is 4.84. The largest absolute Gasteiger partial charge is 0.455 e. The van der Waals surface area contributed by atoms with Crippen molar-refractivity contribution in [3.8, 4) is 22.9 Å². The van der Waals surface area contributed by atoms with Gasteiger partial charge in [-0.15, -0.1) is 0 Å². The number of aromatic nitrogens is 3. The predicted molar refractivity (Wildman–Crippen MR) is 160 cm³/mol. The first kappa shape index (κ1) is 29.8. The van der Waals surface area contributed by atoms with Crippen LogP contribution in [-0.2, 0) is 22.7 Å². The van der Waals surface area contributed by atoms with Gasteiger partial charge in [0.15, 0.2) is 5.82 Å². The van der Waals surface area contributed by atoms with Crippen molar-refractivity contribution in [3.05, 3.63) is 102 Å². The molecule has 1 aliphatic rings. The number of amides is 2. The summed E-state index contributed by atoms with van der Waals surface area (Å²) in [5.74, 6) is 0.472. The van der Waals surface area contributed by atoms with E-state index in [1.165, 1.54) is 6.07 Å². The van der Waals surface area contributed by atoms with Crippen molar-refractivity contribution in [2.75, 3.05) is 13.1 Å². The maximum absolute atomic E-state index is 15.1. The van der Waals surface area contributed by atoms with Gasteiger partial charge in [-0.05, 0) is 42.8 Å². The van der Waals surface area contributed by atoms with Crippen molar-refractivity contribution in [2.24, 2.45) is 5.92 Å². The van der Waals surface area contributed by atoms with E-state index < -0.39 is 11.9 Å². The number of benzene rings is 2. The Morgan fingerprint density at radius 3 is 2.47 bits per heavy atom. The van der Waals surface area contributed by atoms with Gasteiger partial charge in [-0.25, -0.2) is 14.4 Å². The summed E-state index contributed by atoms with van der Waals surface area (Å²) >= 11 is 0. The molecule has 2 amide bonds. The number of carbonyl (C=O) groups excluding carboxylic acids is 2. The van der Waals surface area contributed by atoms with Crippen molar-refractivity contribution in [1.82, 2.24) is 30.1 Å². The van der Waals surface area contributed by atoms with Gasteiger partial charge >= 0.3 is 0 Å². The monoisotopic (exact) mass is 582 g/mol. The molecule has 2 aromatic heterocycles. The van der Waals surface area contributed by atoms with Crippen molar-refractivity contribution in [1.29, 1.82) is 0 Å². The number of nitrogens with one attached hydrogen (secondary N) is 1. The molecule has 2 aromatic carbocycles. The molecule has 222 valence electrons. The van der Waals surface area contributed by atoms with Gasteiger partial charge in [-0.1, -0.05) is 44.2 Å². The molecule has 1 fully saturated rings. The van der Waals surface area contributed by atoms with Crippen LogP contribution in [0.3, 0.4) is 0 Å². The van der Waals surface area contributed by atoms with E-state index in [2.05, 4.69) is 20.3 Å². The van der Waals surface area contributed by atoms with Gasteiger partial charge in [0.2, 0.25) is 11.8 Å². The third kappa shape index (κ3) is 7.21. The number of pyridine rings is 1. The number of ether oxygens (including phenoxy) is 1. The van der Waals surface area contributed by atoms with Gasteiger partial charge in [0, 0.05) is 67.9 Å². The molecule has 1 aliphatic heterocycles. The summed E-state index contributed by atoms with van der Waals surface area (Å²) in [5.41, 5.74) is 2.16. The molecule has 0 saturated carbocycles. The van der Waals surface area contributed by atoms with E-state index >= 15 is 4.39 Å². The van der Waals surface area contributed by atoms with Gasteiger partial charge in [0.25, 0.3) is 0 Å². The van der Waals surface area contributed by atoms with Crippen molar-refractivity contribution in [3.63, 3.8) is 0 Å². The van der Waals surface area contributed by atoms with E-state index in [4.69, 9.17) is 4.74 Å². The standard InChI is InChI=1S/C33H35FN6O3/c1-22(2)33(42)40-23(3)19-39(20-27-28(34)8-4-9-30(27)43-26-7-5-14-35-18-26)21-29(40)32(41)38-17-24-10-12-25(13-11-24)31-36-15-6-16-37-31/h4-16,18,22-23,29H,17,19-21H2,1-3H3,(H,38,41)/t23-,29-/m1/s1. The van der Waals surface area contributed by atoms with Gasteiger partial charge in [-0.2, -0.15) is 0 Å². The van der Waals surface area contributed by atoms with Crippen LogP contribution in [0.5, 0.6) is 11.5 Å². The van der Waals surface area contributed by atoms with Crippen LogP contribution in [0.25, 0.3) is 11.4 Å². The molecule has 4 aromatic rings. The Balaban J connectivity index is 1.32. The molecule has 0 spiro atoms. The Labute approximate surface area is 250 Å². The van der Waals surface area contributed by atoms with E-state index in [-0.39, 0.29) is 36.9 Å². The van der Waals surface area contributed by atoms with Gasteiger partial charge in [0.05, 0.1) is 6.20 Å². The number of nitrogens with zero attached hydrogens (tertiary/aromatic N) is 5. The second kappa shape index (κ2) is 13.5. The number of hydrogen-bond acceptors (Lipinski definition) is 7. The zero-order chi connectivity index (χ0) is 30.3. The van der Waals surface area contributed by atoms with Crippen LogP contribution in [0.1, 0.15) is 31.9 Å². The summed E-state index contributed by atoms with van der Waals surface area (Å²) in [6, 6.07) is 16.6. The first-order valence-electron chi connectivity index (χ1n) is 14.3. The Hall–Kier alpha value is -4.70. The average Bonchev–Trinajstić information content (AvgIpc) is 3.02. The fraction of sp³-hybridized carbons (Fsp3) is 0.303. The van der Waals surface area contributed by atoms with Crippen molar-refractivity contribution in [2.45, 2.75) is 45.9 Å². The minimum Gasteiger partial charge on any atom is -0.455 e. The van der Waals surface area contributed by atoms with Crippen LogP contribution in [0.15, 0.2) is 85.5 Å². The van der Waals surface area contributed by atoms with E-state index in [1.807, 2.05) is 49.9 Å². The molecule has 43 heavy (non-hydrogen) atoms. The second-order valence-corrected chi connectivity index (χ2v) is 11.0. The Morgan fingerprint density at radius 1 is 1.00 bits per heavy atom. The van der Waals surface area contributed by atoms with Gasteiger partial charge in [-0.3, -0.25) is 19.5 Å². The maximum atomic E-state index is 15.1. The smallest absolute Gasteiger partial charge is 0.244 e. The zero-order valence-corrected chi connectivity index (χ0v) is 24.5. The third-order valence-corrected chi connectivity index (χ3v) is 7.38. The van der Waals surface area contributed by atoms with Crippen LogP contribution < -0.4 is 10.1 Å². The van der Waals surface area contributed by atoms with Crippen LogP contribution in [-0.4, -0.2) is 61.7 Å². The highest BCUT2D eigenvalue weighted by molar-refractivity contribution is 5.89. The second-order valence-electron chi connectivity index (χ2n) is 11.0. The molecule has 0 unspecified atom stereocenters. The fourth-order valence-corrected chi connectivity index (χ4v) is 5.26. The summed E-state index contributed by atoms with van der Waals surface area (Å²) in [5, 5.41) is 3.02. The molecule has 1 saturated heterocycles. The molecule has 0 radical (unpaired) electrons. The number of halogens is 1. The SMILES string of the molecule is CC(C)C(=O)N1[C@H](C)CN(Cc2c(F)cccc2Oc2cccnc2)C[C@@H]1C(=O)NCc1ccc(-c2ncccn2)cc1. The summed E-state index contributed by atoms with van der Waals surface area (Å²) in [7, 11) is 0. The van der Waals surface area contributed by atoms with Crippen LogP contribution in [0.2, 0.25) is 0 Å². The topological polar surface area (TPSA) is 101 Å². The highest BCUT2D eigenvalue weighted by Gasteiger charge is 2.40. The van der Waals surface area contributed by atoms with Crippen molar-refractivity contribution < 1.29 is 18.7 Å². The average molecular weight is 583 g/mol. The van der Waals surface area contributed by atoms with E-state index in [0.29, 0.717) is 36.0 Å². The molecule has 0 aliphatic carbocycles. The summed E-state index contributed by atoms with van der Waals surface area (Å²) in [6.07, 6.45) is 6.58. The first-order valence-corrected chi connectivity index (χ1v) is 14.3. The molecule has 5 rings (SSSR count). The molecular formula is C33H35FN6O3. The Kier molecular flexibility index (Phi) is 9.36. The lowest BCUT2D eigenvalue weighted by Gasteiger charge is -2.45. The quantitative estimate of drug-likeness (QED) is 0.301. The lowest BCUT2D eigenvalue weighted by Crippen LogP contribution is -2.64. The van der Waals surface area contributed by atoms with E-state index in [0.717, 1.165) is 11.1 Å². The highest BCUT2D eigenvalue weighted by atomic mass is 19.1. The van der Waals surface area contributed by atoms with Crippen molar-refractivity contribution >= 4 is 11.8 Å². The number of piperazine rings is 1. The maximum Gasteiger partial charge on any atom is 0.244 e. The number of carbonyl (C=O) groups is 2. The van der Waals surface area contributed by atoms with Gasteiger partial charge < -0.3 is 15.0 Å². The Morgan fingerprint density at radius 2 is 1.77 bits per heavy atom. The minimum absolute atomic E-state index is 0.0917. The van der Waals surface area contributed by atoms with E-state index in [1.54, 1.807) is 60.0 Å². The molecule has 3 heterocycles. The minimum atomic E-state index is -0.745. The highest BCUT2D eigenvalue weighted by Crippen LogP contribution is 2.30. The number of rotatable bonds is 9. The lowest BCUT2D eigenvalue weighted by molar-refractivity contribution is -0.150. The Bertz CT molecular complexity index is 1540. The fourth-order valence-electron chi connectivity index (χ4n) is 5.26. The van der Waals surface area contributed by atoms with Crippen LogP contribution >= 0.6 is 0 Å². The van der Waals surface area contributed by atoms with Crippen LogP contribution in [0, 0.1) is 11.7 Å². The van der Waals surface area contributed by atoms with Crippen LogP contribution in [0.4, 0.5) is 4.39 Å². The summed E-state index contributed by atoms with van der Waals surface area (Å²) in [6.45, 7) is 6.81. The third-order valence-electron chi connectivity index (χ3n) is 7.38. The normalized spacial score (nSPS) is 17.1. The molecule has 9 nitrogen and oxygen atoms in total. The van der Waals surface area contributed by atoms with E-state index in [9.17, 15) is 9.59 Å². The summed E-state index contributed by atoms with van der Waals surface area (Å²) < 4.78 is 21.1. The number of hydrogen-bond donors (Lipinski definition) is 1. The molecule has 1 N–H and O–H groups in total. The summed E-state index contributed by atoms with van der Waals surface area (Å²) in [4.78, 5) is 43.2. The molecule has 2 atom stereocenters. The lowest BCUT2D eigenvalue weighted by atomic mass is 10.0. The molecular weight excluding hydrogens is 547 g/mol. The zero-order valence-electron chi connectivity index (χ0n) is 24.5. The molecule has 0 bridgehead atoms. The first-order chi connectivity index (χ1) is 20.8. The van der Waals surface area contributed by atoms with Gasteiger partial charge in [0.1, 0.15) is 23.4 Å². The molecule has 10 heteroatoms.